The van der Waals surface area contributed by atoms with Crippen molar-refractivity contribution in [3.05, 3.63) is 29.8 Å². The van der Waals surface area contributed by atoms with Gasteiger partial charge in [-0.1, -0.05) is 31.0 Å². The van der Waals surface area contributed by atoms with E-state index in [0.29, 0.717) is 5.92 Å². The predicted octanol–water partition coefficient (Wildman–Crippen LogP) is 2.11. The molecule has 0 spiro atoms. The van der Waals surface area contributed by atoms with Crippen molar-refractivity contribution in [2.75, 3.05) is 26.7 Å². The zero-order valence-electron chi connectivity index (χ0n) is 18.5. The number of quaternary nitrogens is 1. The van der Waals surface area contributed by atoms with Gasteiger partial charge in [-0.3, -0.25) is 0 Å². The smallest absolute Gasteiger partial charge is 0.140 e. The third-order valence-electron chi connectivity index (χ3n) is 7.45. The third kappa shape index (κ3) is 4.62. The van der Waals surface area contributed by atoms with Crippen LogP contribution in [0.3, 0.4) is 0 Å². The Morgan fingerprint density at radius 3 is 2.59 bits per heavy atom. The quantitative estimate of drug-likeness (QED) is 0.346. The highest BCUT2D eigenvalue weighted by Crippen LogP contribution is 2.53. The van der Waals surface area contributed by atoms with Crippen LogP contribution < -0.4 is 28.7 Å². The van der Waals surface area contributed by atoms with Gasteiger partial charge in [0.05, 0.1) is 26.2 Å². The molecule has 0 saturated carbocycles. The molecule has 3 aliphatic heterocycles. The molecule has 0 bridgehead atoms. The van der Waals surface area contributed by atoms with Crippen LogP contribution in [-0.2, 0) is 4.74 Å². The Morgan fingerprint density at radius 2 is 1.86 bits per heavy atom. The fraction of sp³-hybridized carbons (Fsp3) is 0.680. The number of ether oxygens (including phenoxy) is 2. The van der Waals surface area contributed by atoms with Gasteiger partial charge >= 0.3 is 0 Å². The number of para-hydroxylation sites is 1. The topological polar surface area (TPSA) is 18.5 Å². The molecule has 4 rings (SSSR count). The molecule has 4 heteroatoms. The van der Waals surface area contributed by atoms with E-state index >= 15 is 0 Å². The minimum absolute atomic E-state index is 0. The molecule has 29 heavy (non-hydrogen) atoms. The minimum atomic E-state index is -0.366. The predicted molar refractivity (Wildman–Crippen MR) is 113 cm³/mol. The lowest BCUT2D eigenvalue weighted by Gasteiger charge is -2.51. The summed E-state index contributed by atoms with van der Waals surface area (Å²) in [7, 11) is 2.36. The van der Waals surface area contributed by atoms with Crippen molar-refractivity contribution in [1.82, 2.24) is 0 Å². The summed E-state index contributed by atoms with van der Waals surface area (Å²) >= 11 is 0. The molecule has 3 heterocycles. The van der Waals surface area contributed by atoms with E-state index in [2.05, 4.69) is 63.9 Å². The van der Waals surface area contributed by atoms with Crippen LogP contribution in [0, 0.1) is 17.8 Å². The fourth-order valence-electron chi connectivity index (χ4n) is 5.32. The van der Waals surface area contributed by atoms with Crippen LogP contribution in [0.5, 0.6) is 5.75 Å². The maximum atomic E-state index is 6.76. The molecular weight excluding hydrogens is 473 g/mol. The molecule has 3 aliphatic rings. The monoisotopic (exact) mass is 509 g/mol. The summed E-state index contributed by atoms with van der Waals surface area (Å²) < 4.78 is 14.3. The van der Waals surface area contributed by atoms with Crippen LogP contribution in [0.15, 0.2) is 24.3 Å². The van der Waals surface area contributed by atoms with Crippen molar-refractivity contribution in [3.8, 4) is 17.6 Å². The number of nitrogens with zero attached hydrogens (tertiary/aromatic N) is 1. The largest absolute Gasteiger partial charge is 1.00 e. The Hall–Kier alpha value is -0.770. The number of rotatable bonds is 2. The van der Waals surface area contributed by atoms with Crippen molar-refractivity contribution in [1.29, 1.82) is 0 Å². The number of hydrogen-bond acceptors (Lipinski definition) is 2. The van der Waals surface area contributed by atoms with Crippen LogP contribution in [-0.4, -0.2) is 42.4 Å². The lowest BCUT2D eigenvalue weighted by molar-refractivity contribution is -0.907. The van der Waals surface area contributed by atoms with Crippen molar-refractivity contribution >= 4 is 0 Å². The van der Waals surface area contributed by atoms with Gasteiger partial charge in [-0.25, -0.2) is 0 Å². The molecule has 0 radical (unpaired) electrons. The van der Waals surface area contributed by atoms with Gasteiger partial charge in [0, 0.05) is 11.5 Å². The Labute approximate surface area is 194 Å². The van der Waals surface area contributed by atoms with Crippen LogP contribution in [0.25, 0.3) is 0 Å². The minimum Gasteiger partial charge on any atom is -1.00 e. The number of fused-ring (bicyclic) bond motifs is 3. The number of likely N-dealkylation sites (tertiary alicyclic amines) is 1. The molecule has 1 aromatic carbocycles. The summed E-state index contributed by atoms with van der Waals surface area (Å²) in [5.41, 5.74) is 0.663. The molecule has 0 amide bonds. The number of piperidine rings is 1. The van der Waals surface area contributed by atoms with Crippen LogP contribution in [0.4, 0.5) is 0 Å². The molecule has 160 valence electrons. The summed E-state index contributed by atoms with van der Waals surface area (Å²) in [5.74, 6) is 8.44. The zero-order chi connectivity index (χ0) is 19.8. The van der Waals surface area contributed by atoms with Gasteiger partial charge in [0.1, 0.15) is 23.5 Å². The highest BCUT2D eigenvalue weighted by atomic mass is 127. The summed E-state index contributed by atoms with van der Waals surface area (Å²) in [6.45, 7) is 10.1. The second-order valence-corrected chi connectivity index (χ2v) is 9.81. The average Bonchev–Trinajstić information content (AvgIpc) is 2.68. The van der Waals surface area contributed by atoms with Gasteiger partial charge in [0.2, 0.25) is 0 Å². The molecule has 3 nitrogen and oxygen atoms in total. The normalized spacial score (nSPS) is 35.0. The van der Waals surface area contributed by atoms with Gasteiger partial charge in [0.25, 0.3) is 0 Å². The highest BCUT2D eigenvalue weighted by molar-refractivity contribution is 5.39. The zero-order valence-corrected chi connectivity index (χ0v) is 20.6. The molecule has 0 aliphatic carbocycles. The first kappa shape index (κ1) is 22.9. The van der Waals surface area contributed by atoms with Gasteiger partial charge < -0.3 is 37.9 Å². The number of hydrogen-bond donors (Lipinski definition) is 0. The summed E-state index contributed by atoms with van der Waals surface area (Å²) in [6, 6.07) is 8.40. The first-order valence-electron chi connectivity index (χ1n) is 11.2. The molecule has 2 fully saturated rings. The Morgan fingerprint density at radius 1 is 1.14 bits per heavy atom. The van der Waals surface area contributed by atoms with E-state index in [1.165, 1.54) is 37.9 Å². The Kier molecular flexibility index (Phi) is 6.92. The van der Waals surface area contributed by atoms with Gasteiger partial charge in [-0.2, -0.15) is 0 Å². The van der Waals surface area contributed by atoms with Crippen molar-refractivity contribution < 1.29 is 37.9 Å². The van der Waals surface area contributed by atoms with Gasteiger partial charge in [-0.05, 0) is 64.4 Å². The molecule has 1 aromatic rings. The van der Waals surface area contributed by atoms with Crippen molar-refractivity contribution in [2.24, 2.45) is 5.92 Å². The Balaban J connectivity index is 0.00000240. The SMILES string of the molecule is CC[C@]1(C)Oc2ccccc2C2OC(C)(C#CC[N+]3(C)CCCCC3)CCC21.[I-]. The molecule has 4 atom stereocenters. The van der Waals surface area contributed by atoms with E-state index in [0.717, 1.165) is 36.0 Å². The first-order chi connectivity index (χ1) is 13.4. The second kappa shape index (κ2) is 8.77. The molecular formula is C25H36INO2. The maximum Gasteiger partial charge on any atom is 0.140 e. The van der Waals surface area contributed by atoms with E-state index < -0.39 is 0 Å². The third-order valence-corrected chi connectivity index (χ3v) is 7.45. The van der Waals surface area contributed by atoms with Crippen molar-refractivity contribution in [3.63, 3.8) is 0 Å². The van der Waals surface area contributed by atoms with Crippen LogP contribution in [0.2, 0.25) is 0 Å². The van der Waals surface area contributed by atoms with Gasteiger partial charge in [0.15, 0.2) is 0 Å². The van der Waals surface area contributed by atoms with Crippen molar-refractivity contribution in [2.45, 2.75) is 76.6 Å². The lowest BCUT2D eigenvalue weighted by atomic mass is 9.71. The van der Waals surface area contributed by atoms with E-state index in [1.54, 1.807) is 0 Å². The summed E-state index contributed by atoms with van der Waals surface area (Å²) in [6.07, 6.45) is 7.19. The highest BCUT2D eigenvalue weighted by Gasteiger charge is 2.51. The molecule has 3 unspecified atom stereocenters. The van der Waals surface area contributed by atoms with Gasteiger partial charge in [-0.15, -0.1) is 0 Å². The van der Waals surface area contributed by atoms with Crippen LogP contribution in [0.1, 0.15) is 71.0 Å². The average molecular weight is 509 g/mol. The number of benzene rings is 1. The molecule has 2 saturated heterocycles. The standard InChI is InChI=1S/C25H36NO2.HI/c1-5-25(3)21-14-16-24(2,15-11-19-26(4)17-9-6-10-18-26)28-23(21)20-12-7-8-13-22(20)27-25;/h7-8,12-13,21,23H,5-6,9-10,14,16-19H2,1-4H3;1H/q+1;/p-1/t21?,23?,24?,25-;/m0./s1. The van der Waals surface area contributed by atoms with E-state index in [-0.39, 0.29) is 41.3 Å². The first-order valence-corrected chi connectivity index (χ1v) is 11.2. The second-order valence-electron chi connectivity index (χ2n) is 9.81. The Bertz CT molecular complexity index is 779. The van der Waals surface area contributed by atoms with E-state index in [1.807, 2.05) is 0 Å². The summed E-state index contributed by atoms with van der Waals surface area (Å²) in [4.78, 5) is 0. The number of halogens is 1. The summed E-state index contributed by atoms with van der Waals surface area (Å²) in [5, 5.41) is 0. The van der Waals surface area contributed by atoms with Crippen LogP contribution >= 0.6 is 0 Å². The van der Waals surface area contributed by atoms with E-state index in [4.69, 9.17) is 9.47 Å². The maximum absolute atomic E-state index is 6.76. The fourth-order valence-corrected chi connectivity index (χ4v) is 5.32. The van der Waals surface area contributed by atoms with E-state index in [9.17, 15) is 0 Å². The molecule has 0 N–H and O–H groups in total. The lowest BCUT2D eigenvalue weighted by Crippen LogP contribution is -3.00. The molecule has 0 aromatic heterocycles.